The lowest BCUT2D eigenvalue weighted by molar-refractivity contribution is -0.140. The van der Waals surface area contributed by atoms with E-state index in [0.717, 1.165) is 11.0 Å². The van der Waals surface area contributed by atoms with Crippen LogP contribution in [0.2, 0.25) is 0 Å². The molecule has 0 saturated carbocycles. The van der Waals surface area contributed by atoms with E-state index in [1.54, 1.807) is 0 Å². The number of benzene rings is 1. The Morgan fingerprint density at radius 1 is 1.50 bits per heavy atom. The molecule has 118 valence electrons. The fraction of sp³-hybridized carbons (Fsp3) is 0.357. The van der Waals surface area contributed by atoms with Crippen LogP contribution in [0.1, 0.15) is 13.3 Å². The molecule has 2 amide bonds. The van der Waals surface area contributed by atoms with Gasteiger partial charge in [-0.1, -0.05) is 6.92 Å². The van der Waals surface area contributed by atoms with Gasteiger partial charge in [0, 0.05) is 19.0 Å². The molecule has 1 aliphatic heterocycles. The number of rotatable bonds is 4. The first-order valence-electron chi connectivity index (χ1n) is 6.55. The number of ether oxygens (including phenoxy) is 1. The number of aliphatic carboxylic acids is 1. The maximum absolute atomic E-state index is 14.1. The number of halogens is 1. The van der Waals surface area contributed by atoms with E-state index in [0.29, 0.717) is 0 Å². The first-order valence-corrected chi connectivity index (χ1v) is 6.55. The molecule has 2 rings (SSSR count). The second-order valence-corrected chi connectivity index (χ2v) is 5.03. The molecule has 1 aliphatic rings. The zero-order chi connectivity index (χ0) is 16.4. The second-order valence-electron chi connectivity index (χ2n) is 5.03. The Morgan fingerprint density at radius 2 is 2.18 bits per heavy atom. The van der Waals surface area contributed by atoms with Gasteiger partial charge in [-0.25, -0.2) is 4.39 Å². The van der Waals surface area contributed by atoms with Gasteiger partial charge in [0.15, 0.2) is 12.4 Å². The zero-order valence-electron chi connectivity index (χ0n) is 12.1. The van der Waals surface area contributed by atoms with Crippen LogP contribution in [0.15, 0.2) is 12.1 Å². The molecule has 2 N–H and O–H groups in total. The molecule has 1 aromatic carbocycles. The van der Waals surface area contributed by atoms with Gasteiger partial charge in [-0.3, -0.25) is 14.4 Å². The number of carbonyl (C=O) groups excluding carboxylic acids is 2. The van der Waals surface area contributed by atoms with Gasteiger partial charge in [-0.2, -0.15) is 0 Å². The van der Waals surface area contributed by atoms with Crippen LogP contribution in [-0.2, 0) is 14.4 Å². The van der Waals surface area contributed by atoms with E-state index >= 15 is 0 Å². The van der Waals surface area contributed by atoms with E-state index in [1.165, 1.54) is 20.0 Å². The number of hydrogen-bond acceptors (Lipinski definition) is 4. The quantitative estimate of drug-likeness (QED) is 0.872. The number of carboxylic acids is 1. The van der Waals surface area contributed by atoms with Crippen molar-refractivity contribution in [3.63, 3.8) is 0 Å². The summed E-state index contributed by atoms with van der Waals surface area (Å²) in [6.07, 6.45) is -0.352. The summed E-state index contributed by atoms with van der Waals surface area (Å²) in [7, 11) is 1.34. The molecule has 22 heavy (non-hydrogen) atoms. The van der Waals surface area contributed by atoms with Crippen molar-refractivity contribution >= 4 is 29.2 Å². The minimum absolute atomic E-state index is 0.0632. The predicted molar refractivity (Wildman–Crippen MR) is 75.4 cm³/mol. The summed E-state index contributed by atoms with van der Waals surface area (Å²) in [6.45, 7) is 1.25. The highest BCUT2D eigenvalue weighted by Gasteiger charge is 2.25. The van der Waals surface area contributed by atoms with E-state index < -0.39 is 23.6 Å². The van der Waals surface area contributed by atoms with Crippen molar-refractivity contribution in [2.45, 2.75) is 13.3 Å². The highest BCUT2D eigenvalue weighted by molar-refractivity contribution is 5.99. The maximum Gasteiger partial charge on any atom is 0.304 e. The topological polar surface area (TPSA) is 95.9 Å². The summed E-state index contributed by atoms with van der Waals surface area (Å²) in [4.78, 5) is 35.1. The van der Waals surface area contributed by atoms with Crippen molar-refractivity contribution in [2.75, 3.05) is 23.9 Å². The Morgan fingerprint density at radius 3 is 2.82 bits per heavy atom. The molecule has 0 aromatic heterocycles. The third kappa shape index (κ3) is 3.16. The van der Waals surface area contributed by atoms with Crippen LogP contribution in [0.3, 0.4) is 0 Å². The largest absolute Gasteiger partial charge is 0.481 e. The molecule has 0 spiro atoms. The van der Waals surface area contributed by atoms with Crippen molar-refractivity contribution in [3.05, 3.63) is 17.9 Å². The van der Waals surface area contributed by atoms with Gasteiger partial charge in [0.2, 0.25) is 5.91 Å². The number of carbonyl (C=O) groups is 3. The molecular weight excluding hydrogens is 295 g/mol. The van der Waals surface area contributed by atoms with Crippen molar-refractivity contribution < 1.29 is 28.6 Å². The van der Waals surface area contributed by atoms with E-state index in [1.807, 2.05) is 0 Å². The number of anilines is 2. The average molecular weight is 310 g/mol. The summed E-state index contributed by atoms with van der Waals surface area (Å²) in [5.74, 6) is -3.35. The Balaban J connectivity index is 2.28. The highest BCUT2D eigenvalue weighted by atomic mass is 19.1. The molecule has 0 fully saturated rings. The van der Waals surface area contributed by atoms with Crippen molar-refractivity contribution in [1.29, 1.82) is 0 Å². The maximum atomic E-state index is 14.1. The van der Waals surface area contributed by atoms with Crippen LogP contribution >= 0.6 is 0 Å². The summed E-state index contributed by atoms with van der Waals surface area (Å²) in [5.41, 5.74) is 0.199. The molecule has 0 saturated heterocycles. The van der Waals surface area contributed by atoms with Crippen molar-refractivity contribution in [2.24, 2.45) is 5.92 Å². The Labute approximate surface area is 125 Å². The monoisotopic (exact) mass is 310 g/mol. The number of amides is 2. The molecule has 1 aromatic rings. The highest BCUT2D eigenvalue weighted by Crippen LogP contribution is 2.34. The van der Waals surface area contributed by atoms with E-state index in [2.05, 4.69) is 5.32 Å². The van der Waals surface area contributed by atoms with Gasteiger partial charge in [0.05, 0.1) is 17.8 Å². The first-order chi connectivity index (χ1) is 10.3. The van der Waals surface area contributed by atoms with E-state index in [9.17, 15) is 18.8 Å². The Hall–Kier alpha value is -2.64. The minimum atomic E-state index is -1.11. The lowest BCUT2D eigenvalue weighted by Crippen LogP contribution is -2.33. The van der Waals surface area contributed by atoms with Crippen molar-refractivity contribution in [1.82, 2.24) is 0 Å². The Kier molecular flexibility index (Phi) is 4.30. The lowest BCUT2D eigenvalue weighted by Gasteiger charge is -2.24. The zero-order valence-corrected chi connectivity index (χ0v) is 12.1. The molecule has 0 radical (unpaired) electrons. The van der Waals surface area contributed by atoms with Crippen LogP contribution in [0.25, 0.3) is 0 Å². The van der Waals surface area contributed by atoms with E-state index in [4.69, 9.17) is 9.84 Å². The molecule has 1 unspecified atom stereocenters. The van der Waals surface area contributed by atoms with Gasteiger partial charge in [-0.05, 0) is 6.07 Å². The second kappa shape index (κ2) is 6.00. The molecule has 7 nitrogen and oxygen atoms in total. The summed E-state index contributed by atoms with van der Waals surface area (Å²) < 4.78 is 19.2. The first kappa shape index (κ1) is 15.7. The number of nitrogens with one attached hydrogen (secondary N) is 1. The molecule has 0 bridgehead atoms. The third-order valence-electron chi connectivity index (χ3n) is 3.28. The SMILES string of the molecule is CC(CC(=O)O)C(=O)N(C)c1cc2c(cc1F)OCC(=O)N2. The summed E-state index contributed by atoms with van der Waals surface area (Å²) in [5, 5.41) is 11.2. The van der Waals surface area contributed by atoms with Gasteiger partial charge in [0.1, 0.15) is 5.75 Å². The molecule has 1 heterocycles. The van der Waals surface area contributed by atoms with Crippen molar-refractivity contribution in [3.8, 4) is 5.75 Å². The lowest BCUT2D eigenvalue weighted by atomic mass is 10.1. The van der Waals surface area contributed by atoms with E-state index in [-0.39, 0.29) is 36.1 Å². The number of hydrogen-bond donors (Lipinski definition) is 2. The van der Waals surface area contributed by atoms with Crippen LogP contribution in [-0.4, -0.2) is 36.5 Å². The fourth-order valence-corrected chi connectivity index (χ4v) is 2.15. The van der Waals surface area contributed by atoms with Gasteiger partial charge < -0.3 is 20.1 Å². The van der Waals surface area contributed by atoms with Gasteiger partial charge in [-0.15, -0.1) is 0 Å². The molecule has 1 atom stereocenters. The number of nitrogens with zero attached hydrogens (tertiary/aromatic N) is 1. The minimum Gasteiger partial charge on any atom is -0.481 e. The van der Waals surface area contributed by atoms with Crippen LogP contribution < -0.4 is 15.0 Å². The average Bonchev–Trinajstić information content (AvgIpc) is 2.44. The molecule has 8 heteroatoms. The fourth-order valence-electron chi connectivity index (χ4n) is 2.15. The van der Waals surface area contributed by atoms with Crippen LogP contribution in [0.4, 0.5) is 15.8 Å². The standard InChI is InChI=1S/C14H15FN2O5/c1-7(3-13(19)20)14(21)17(2)10-5-9-11(4-8(10)15)22-6-12(18)16-9/h4-5,7H,3,6H2,1-2H3,(H,16,18)(H,19,20). The van der Waals surface area contributed by atoms with Gasteiger partial charge >= 0.3 is 5.97 Å². The number of fused-ring (bicyclic) bond motifs is 1. The third-order valence-corrected chi connectivity index (χ3v) is 3.28. The van der Waals surface area contributed by atoms with Crippen LogP contribution in [0, 0.1) is 11.7 Å². The summed E-state index contributed by atoms with van der Waals surface area (Å²) >= 11 is 0. The molecular formula is C14H15FN2O5. The molecule has 0 aliphatic carbocycles. The normalized spacial score (nSPS) is 14.4. The van der Waals surface area contributed by atoms with Crippen LogP contribution in [0.5, 0.6) is 5.75 Å². The van der Waals surface area contributed by atoms with Gasteiger partial charge in [0.25, 0.3) is 5.91 Å². The number of carboxylic acid groups (broad SMARTS) is 1. The Bertz CT molecular complexity index is 646. The smallest absolute Gasteiger partial charge is 0.304 e. The predicted octanol–water partition coefficient (Wildman–Crippen LogP) is 1.23. The summed E-state index contributed by atoms with van der Waals surface area (Å²) in [6, 6.07) is 2.36.